The topological polar surface area (TPSA) is 59.6 Å². The molecule has 0 heterocycles. The monoisotopic (exact) mass is 280 g/mol. The van der Waals surface area contributed by atoms with Crippen LogP contribution in [0.3, 0.4) is 0 Å². The van der Waals surface area contributed by atoms with E-state index in [2.05, 4.69) is 10.6 Å². The zero-order valence-corrected chi connectivity index (χ0v) is 12.7. The molecule has 0 aliphatic carbocycles. The second kappa shape index (κ2) is 7.99. The lowest BCUT2D eigenvalue weighted by atomic mass is 10.0. The highest BCUT2D eigenvalue weighted by molar-refractivity contribution is 5.97. The lowest BCUT2D eigenvalue weighted by molar-refractivity contribution is -0.121. The number of carbonyl (C=O) groups excluding carboxylic acids is 1. The molecule has 112 valence electrons. The van der Waals surface area contributed by atoms with Crippen LogP contribution in [0.15, 0.2) is 24.3 Å². The Kier molecular flexibility index (Phi) is 6.64. The maximum absolute atomic E-state index is 12.1. The Hall–Kier alpha value is -1.43. The van der Waals surface area contributed by atoms with Crippen molar-refractivity contribution in [2.75, 3.05) is 32.7 Å². The third-order valence-electron chi connectivity index (χ3n) is 3.08. The van der Waals surface area contributed by atoms with Gasteiger partial charge in [0.1, 0.15) is 0 Å². The summed E-state index contributed by atoms with van der Waals surface area (Å²) in [5, 5.41) is 5.87. The first-order valence-corrected chi connectivity index (χ1v) is 6.65. The van der Waals surface area contributed by atoms with Crippen molar-refractivity contribution in [1.29, 1.82) is 0 Å². The van der Waals surface area contributed by atoms with Crippen LogP contribution in [0.5, 0.6) is 0 Å². The SMILES string of the molecule is CNC(C)(C)C(=O)Nc1cccc(COCCOC)c1. The minimum atomic E-state index is -0.606. The Balaban J connectivity index is 2.57. The molecular weight excluding hydrogens is 256 g/mol. The third-order valence-corrected chi connectivity index (χ3v) is 3.08. The van der Waals surface area contributed by atoms with E-state index in [-0.39, 0.29) is 5.91 Å². The summed E-state index contributed by atoms with van der Waals surface area (Å²) < 4.78 is 10.4. The summed E-state index contributed by atoms with van der Waals surface area (Å²) in [5.74, 6) is -0.0718. The molecule has 1 rings (SSSR count). The number of amides is 1. The predicted octanol–water partition coefficient (Wildman–Crippen LogP) is 1.79. The Labute approximate surface area is 120 Å². The molecule has 0 aliphatic heterocycles. The van der Waals surface area contributed by atoms with Crippen molar-refractivity contribution >= 4 is 11.6 Å². The number of carbonyl (C=O) groups is 1. The van der Waals surface area contributed by atoms with E-state index in [1.807, 2.05) is 38.1 Å². The molecule has 5 nitrogen and oxygen atoms in total. The van der Waals surface area contributed by atoms with Gasteiger partial charge in [0.25, 0.3) is 0 Å². The first-order chi connectivity index (χ1) is 9.49. The number of benzene rings is 1. The second-order valence-electron chi connectivity index (χ2n) is 5.07. The van der Waals surface area contributed by atoms with Gasteiger partial charge in [0.05, 0.1) is 25.4 Å². The van der Waals surface area contributed by atoms with Crippen molar-refractivity contribution in [2.24, 2.45) is 0 Å². The fraction of sp³-hybridized carbons (Fsp3) is 0.533. The van der Waals surface area contributed by atoms with Gasteiger partial charge in [-0.15, -0.1) is 0 Å². The summed E-state index contributed by atoms with van der Waals surface area (Å²) in [4.78, 5) is 12.1. The summed E-state index contributed by atoms with van der Waals surface area (Å²) in [7, 11) is 3.41. The molecule has 0 unspecified atom stereocenters. The van der Waals surface area contributed by atoms with Gasteiger partial charge >= 0.3 is 0 Å². The molecule has 1 aromatic carbocycles. The summed E-state index contributed by atoms with van der Waals surface area (Å²) in [6.07, 6.45) is 0. The number of hydrogen-bond acceptors (Lipinski definition) is 4. The van der Waals surface area contributed by atoms with Gasteiger partial charge in [0.2, 0.25) is 5.91 Å². The van der Waals surface area contributed by atoms with E-state index >= 15 is 0 Å². The van der Waals surface area contributed by atoms with Crippen LogP contribution in [0.4, 0.5) is 5.69 Å². The number of hydrogen-bond donors (Lipinski definition) is 2. The van der Waals surface area contributed by atoms with Crippen molar-refractivity contribution in [3.05, 3.63) is 29.8 Å². The van der Waals surface area contributed by atoms with Crippen molar-refractivity contribution in [2.45, 2.75) is 26.0 Å². The van der Waals surface area contributed by atoms with Crippen LogP contribution < -0.4 is 10.6 Å². The third kappa shape index (κ3) is 5.28. The quantitative estimate of drug-likeness (QED) is 0.713. The largest absolute Gasteiger partial charge is 0.382 e. The van der Waals surface area contributed by atoms with Crippen molar-refractivity contribution in [3.63, 3.8) is 0 Å². The Morgan fingerprint density at radius 1 is 1.30 bits per heavy atom. The van der Waals surface area contributed by atoms with Crippen LogP contribution in [-0.2, 0) is 20.9 Å². The van der Waals surface area contributed by atoms with Crippen molar-refractivity contribution in [3.8, 4) is 0 Å². The number of likely N-dealkylation sites (N-methyl/N-ethyl adjacent to an activating group) is 1. The van der Waals surface area contributed by atoms with Gasteiger partial charge in [0, 0.05) is 12.8 Å². The molecule has 0 saturated heterocycles. The second-order valence-corrected chi connectivity index (χ2v) is 5.07. The van der Waals surface area contributed by atoms with Crippen LogP contribution in [0, 0.1) is 0 Å². The predicted molar refractivity (Wildman–Crippen MR) is 79.7 cm³/mol. The highest BCUT2D eigenvalue weighted by Crippen LogP contribution is 2.14. The van der Waals surface area contributed by atoms with Gasteiger partial charge in [-0.05, 0) is 38.6 Å². The standard InChI is InChI=1S/C15H24N2O3/c1-15(2,16-3)14(18)17-13-7-5-6-12(10-13)11-20-9-8-19-4/h5-7,10,16H,8-9,11H2,1-4H3,(H,17,18). The summed E-state index contributed by atoms with van der Waals surface area (Å²) in [6, 6.07) is 7.64. The Morgan fingerprint density at radius 2 is 2.05 bits per heavy atom. The maximum atomic E-state index is 12.1. The normalized spacial score (nSPS) is 11.4. The minimum absolute atomic E-state index is 0.0718. The van der Waals surface area contributed by atoms with Crippen LogP contribution in [0.1, 0.15) is 19.4 Å². The fourth-order valence-corrected chi connectivity index (χ4v) is 1.47. The number of rotatable bonds is 8. The van der Waals surface area contributed by atoms with E-state index in [1.54, 1.807) is 14.2 Å². The van der Waals surface area contributed by atoms with Crippen molar-refractivity contribution in [1.82, 2.24) is 5.32 Å². The van der Waals surface area contributed by atoms with Gasteiger partial charge in [-0.1, -0.05) is 12.1 Å². The molecular formula is C15H24N2O3. The van der Waals surface area contributed by atoms with E-state index in [4.69, 9.17) is 9.47 Å². The smallest absolute Gasteiger partial charge is 0.244 e. The molecule has 2 N–H and O–H groups in total. The first kappa shape index (κ1) is 16.6. The van der Waals surface area contributed by atoms with Gasteiger partial charge < -0.3 is 20.1 Å². The van der Waals surface area contributed by atoms with Gasteiger partial charge in [0.15, 0.2) is 0 Å². The number of ether oxygens (including phenoxy) is 2. The maximum Gasteiger partial charge on any atom is 0.244 e. The molecule has 1 aromatic rings. The molecule has 0 fully saturated rings. The molecule has 0 bridgehead atoms. The van der Waals surface area contributed by atoms with Gasteiger partial charge in [-0.3, -0.25) is 4.79 Å². The summed E-state index contributed by atoms with van der Waals surface area (Å²) >= 11 is 0. The van der Waals surface area contributed by atoms with Crippen LogP contribution in [-0.4, -0.2) is 38.8 Å². The van der Waals surface area contributed by atoms with E-state index in [9.17, 15) is 4.79 Å². The molecule has 0 radical (unpaired) electrons. The van der Waals surface area contributed by atoms with E-state index < -0.39 is 5.54 Å². The number of anilines is 1. The van der Waals surface area contributed by atoms with E-state index in [1.165, 1.54) is 0 Å². The molecule has 20 heavy (non-hydrogen) atoms. The van der Waals surface area contributed by atoms with E-state index in [0.717, 1.165) is 11.3 Å². The fourth-order valence-electron chi connectivity index (χ4n) is 1.47. The summed E-state index contributed by atoms with van der Waals surface area (Å²) in [5.41, 5.74) is 1.18. The lowest BCUT2D eigenvalue weighted by Gasteiger charge is -2.22. The van der Waals surface area contributed by atoms with Gasteiger partial charge in [-0.25, -0.2) is 0 Å². The molecule has 0 aliphatic rings. The first-order valence-electron chi connectivity index (χ1n) is 6.65. The molecule has 5 heteroatoms. The molecule has 0 spiro atoms. The van der Waals surface area contributed by atoms with Gasteiger partial charge in [-0.2, -0.15) is 0 Å². The zero-order valence-electron chi connectivity index (χ0n) is 12.7. The number of methoxy groups -OCH3 is 1. The van der Waals surface area contributed by atoms with E-state index in [0.29, 0.717) is 19.8 Å². The number of nitrogens with one attached hydrogen (secondary N) is 2. The van der Waals surface area contributed by atoms with Crippen molar-refractivity contribution < 1.29 is 14.3 Å². The average Bonchev–Trinajstić information content (AvgIpc) is 2.44. The highest BCUT2D eigenvalue weighted by atomic mass is 16.5. The highest BCUT2D eigenvalue weighted by Gasteiger charge is 2.24. The Morgan fingerprint density at radius 3 is 2.70 bits per heavy atom. The van der Waals surface area contributed by atoms with Crippen LogP contribution >= 0.6 is 0 Å². The zero-order chi connectivity index (χ0) is 15.0. The average molecular weight is 280 g/mol. The Bertz CT molecular complexity index is 433. The minimum Gasteiger partial charge on any atom is -0.382 e. The molecule has 0 atom stereocenters. The molecule has 0 aromatic heterocycles. The van der Waals surface area contributed by atoms with Crippen LogP contribution in [0.2, 0.25) is 0 Å². The van der Waals surface area contributed by atoms with Crippen LogP contribution in [0.25, 0.3) is 0 Å². The summed E-state index contributed by atoms with van der Waals surface area (Å²) in [6.45, 7) is 5.30. The molecule has 1 amide bonds. The molecule has 0 saturated carbocycles. The lowest BCUT2D eigenvalue weighted by Crippen LogP contribution is -2.47.